The van der Waals surface area contributed by atoms with Crippen LogP contribution in [0.2, 0.25) is 0 Å². The summed E-state index contributed by atoms with van der Waals surface area (Å²) in [5.41, 5.74) is 5.69. The van der Waals surface area contributed by atoms with E-state index < -0.39 is 0 Å². The number of furan rings is 1. The van der Waals surface area contributed by atoms with E-state index in [-0.39, 0.29) is 11.9 Å². The summed E-state index contributed by atoms with van der Waals surface area (Å²) in [4.78, 5) is 14.0. The lowest BCUT2D eigenvalue weighted by molar-refractivity contribution is -0.125. The van der Waals surface area contributed by atoms with E-state index in [1.165, 1.54) is 0 Å². The summed E-state index contributed by atoms with van der Waals surface area (Å²) in [6.45, 7) is 4.64. The van der Waals surface area contributed by atoms with Crippen LogP contribution in [0.5, 0.6) is 0 Å². The van der Waals surface area contributed by atoms with Gasteiger partial charge in [-0.25, -0.2) is 0 Å². The molecule has 2 heterocycles. The molecule has 1 aliphatic heterocycles. The highest BCUT2D eigenvalue weighted by molar-refractivity contribution is 5.82. The molecule has 1 fully saturated rings. The van der Waals surface area contributed by atoms with E-state index in [4.69, 9.17) is 10.2 Å². The average molecular weight is 237 g/mol. The van der Waals surface area contributed by atoms with Crippen LogP contribution in [-0.2, 0) is 11.3 Å². The topological polar surface area (TPSA) is 71.5 Å². The summed E-state index contributed by atoms with van der Waals surface area (Å²) < 4.78 is 5.33. The molecule has 1 aromatic rings. The Morgan fingerprint density at radius 3 is 3.12 bits per heavy atom. The predicted octanol–water partition coefficient (Wildman–Crippen LogP) is 0.175. The summed E-state index contributed by atoms with van der Waals surface area (Å²) in [6.07, 6.45) is 1.65. The van der Waals surface area contributed by atoms with E-state index in [0.717, 1.165) is 12.3 Å². The molecule has 0 bridgehead atoms. The molecule has 1 saturated heterocycles. The summed E-state index contributed by atoms with van der Waals surface area (Å²) in [7, 11) is 0. The molecule has 17 heavy (non-hydrogen) atoms. The number of nitrogens with two attached hydrogens (primary N) is 1. The van der Waals surface area contributed by atoms with Gasteiger partial charge in [-0.1, -0.05) is 6.92 Å². The molecule has 3 N–H and O–H groups in total. The van der Waals surface area contributed by atoms with E-state index in [9.17, 15) is 4.79 Å². The second-order valence-electron chi connectivity index (χ2n) is 4.61. The first-order chi connectivity index (χ1) is 8.20. The van der Waals surface area contributed by atoms with Crippen LogP contribution in [0.3, 0.4) is 0 Å². The Morgan fingerprint density at radius 2 is 2.47 bits per heavy atom. The van der Waals surface area contributed by atoms with Gasteiger partial charge in [-0.05, 0) is 18.1 Å². The van der Waals surface area contributed by atoms with Crippen LogP contribution in [0.4, 0.5) is 0 Å². The number of amides is 1. The van der Waals surface area contributed by atoms with Crippen LogP contribution in [0, 0.1) is 5.92 Å². The molecule has 1 aliphatic rings. The van der Waals surface area contributed by atoms with Crippen LogP contribution in [0.15, 0.2) is 22.8 Å². The number of rotatable bonds is 3. The highest BCUT2D eigenvalue weighted by Gasteiger charge is 2.29. The minimum Gasteiger partial charge on any atom is -0.468 e. The third-order valence-electron chi connectivity index (χ3n) is 3.08. The fourth-order valence-electron chi connectivity index (χ4n) is 2.18. The van der Waals surface area contributed by atoms with Gasteiger partial charge in [0.05, 0.1) is 12.8 Å². The first kappa shape index (κ1) is 12.1. The highest BCUT2D eigenvalue weighted by Crippen LogP contribution is 2.14. The summed E-state index contributed by atoms with van der Waals surface area (Å²) in [6, 6.07) is 3.51. The van der Waals surface area contributed by atoms with E-state index in [0.29, 0.717) is 25.6 Å². The van der Waals surface area contributed by atoms with E-state index in [1.807, 2.05) is 12.1 Å². The van der Waals surface area contributed by atoms with Crippen molar-refractivity contribution in [3.05, 3.63) is 24.2 Å². The Hall–Kier alpha value is -1.33. The number of hydrogen-bond donors (Lipinski definition) is 2. The average Bonchev–Trinajstić information content (AvgIpc) is 2.75. The minimum atomic E-state index is -0.259. The maximum absolute atomic E-state index is 11.9. The van der Waals surface area contributed by atoms with Gasteiger partial charge in [0, 0.05) is 19.6 Å². The van der Waals surface area contributed by atoms with Gasteiger partial charge >= 0.3 is 0 Å². The predicted molar refractivity (Wildman–Crippen MR) is 64.1 cm³/mol. The Labute approximate surface area is 101 Å². The van der Waals surface area contributed by atoms with E-state index >= 15 is 0 Å². The first-order valence-corrected chi connectivity index (χ1v) is 5.95. The molecule has 1 amide bonds. The number of nitrogens with one attached hydrogen (secondary N) is 1. The SMILES string of the molecule is CC1CNC(=O)C(CN)N(Cc2ccco2)C1. The molecular weight excluding hydrogens is 218 g/mol. The van der Waals surface area contributed by atoms with E-state index in [1.54, 1.807) is 6.26 Å². The van der Waals surface area contributed by atoms with Crippen LogP contribution >= 0.6 is 0 Å². The number of nitrogens with zero attached hydrogens (tertiary/aromatic N) is 1. The van der Waals surface area contributed by atoms with Crippen molar-refractivity contribution in [3.63, 3.8) is 0 Å². The van der Waals surface area contributed by atoms with Crippen LogP contribution in [-0.4, -0.2) is 36.5 Å². The summed E-state index contributed by atoms with van der Waals surface area (Å²) >= 11 is 0. The molecule has 2 unspecified atom stereocenters. The van der Waals surface area contributed by atoms with Crippen LogP contribution in [0.1, 0.15) is 12.7 Å². The first-order valence-electron chi connectivity index (χ1n) is 5.95. The molecule has 0 aromatic carbocycles. The molecule has 5 nitrogen and oxygen atoms in total. The third kappa shape index (κ3) is 2.87. The normalized spacial score (nSPS) is 26.6. The summed E-state index contributed by atoms with van der Waals surface area (Å²) in [5, 5.41) is 2.91. The molecule has 2 rings (SSSR count). The number of carbonyl (C=O) groups is 1. The lowest BCUT2D eigenvalue weighted by Crippen LogP contribution is -2.48. The second kappa shape index (κ2) is 5.33. The molecule has 2 atom stereocenters. The van der Waals surface area contributed by atoms with Gasteiger partial charge in [-0.2, -0.15) is 0 Å². The molecule has 94 valence electrons. The van der Waals surface area contributed by atoms with Crippen molar-refractivity contribution in [1.82, 2.24) is 10.2 Å². The van der Waals surface area contributed by atoms with Crippen molar-refractivity contribution in [2.75, 3.05) is 19.6 Å². The quantitative estimate of drug-likeness (QED) is 0.786. The van der Waals surface area contributed by atoms with Gasteiger partial charge in [0.2, 0.25) is 5.91 Å². The van der Waals surface area contributed by atoms with Gasteiger partial charge in [-0.3, -0.25) is 9.69 Å². The number of hydrogen-bond acceptors (Lipinski definition) is 4. The number of carbonyl (C=O) groups excluding carboxylic acids is 1. The van der Waals surface area contributed by atoms with Gasteiger partial charge in [0.15, 0.2) is 0 Å². The fourth-order valence-corrected chi connectivity index (χ4v) is 2.18. The molecule has 0 saturated carbocycles. The van der Waals surface area contributed by atoms with Gasteiger partial charge in [-0.15, -0.1) is 0 Å². The van der Waals surface area contributed by atoms with Crippen molar-refractivity contribution in [3.8, 4) is 0 Å². The van der Waals surface area contributed by atoms with Crippen LogP contribution in [0.25, 0.3) is 0 Å². The van der Waals surface area contributed by atoms with Gasteiger partial charge in [0.1, 0.15) is 11.8 Å². The maximum atomic E-state index is 11.9. The highest BCUT2D eigenvalue weighted by atomic mass is 16.3. The molecule has 0 aliphatic carbocycles. The smallest absolute Gasteiger partial charge is 0.238 e. The van der Waals surface area contributed by atoms with Crippen molar-refractivity contribution in [2.45, 2.75) is 19.5 Å². The Balaban J connectivity index is 2.11. The minimum absolute atomic E-state index is 0.0170. The van der Waals surface area contributed by atoms with Crippen molar-refractivity contribution >= 4 is 5.91 Å². The largest absolute Gasteiger partial charge is 0.468 e. The van der Waals surface area contributed by atoms with Crippen LogP contribution < -0.4 is 11.1 Å². The van der Waals surface area contributed by atoms with E-state index in [2.05, 4.69) is 17.1 Å². The van der Waals surface area contributed by atoms with Gasteiger partial charge in [0.25, 0.3) is 0 Å². The Bertz CT molecular complexity index is 364. The maximum Gasteiger partial charge on any atom is 0.238 e. The zero-order chi connectivity index (χ0) is 12.3. The lowest BCUT2D eigenvalue weighted by atomic mass is 10.1. The molecule has 1 aromatic heterocycles. The molecular formula is C12H19N3O2. The molecule has 0 radical (unpaired) electrons. The zero-order valence-corrected chi connectivity index (χ0v) is 10.1. The van der Waals surface area contributed by atoms with Crippen molar-refractivity contribution in [2.24, 2.45) is 11.7 Å². The second-order valence-corrected chi connectivity index (χ2v) is 4.61. The fraction of sp³-hybridized carbons (Fsp3) is 0.583. The molecule has 5 heteroatoms. The van der Waals surface area contributed by atoms with Crippen molar-refractivity contribution in [1.29, 1.82) is 0 Å². The summed E-state index contributed by atoms with van der Waals surface area (Å²) in [5.74, 6) is 1.30. The van der Waals surface area contributed by atoms with Gasteiger partial charge < -0.3 is 15.5 Å². The zero-order valence-electron chi connectivity index (χ0n) is 10.1. The Morgan fingerprint density at radius 1 is 1.65 bits per heavy atom. The Kier molecular flexibility index (Phi) is 3.81. The van der Waals surface area contributed by atoms with Crippen molar-refractivity contribution < 1.29 is 9.21 Å². The third-order valence-corrected chi connectivity index (χ3v) is 3.08. The molecule has 0 spiro atoms. The lowest BCUT2D eigenvalue weighted by Gasteiger charge is -2.27. The standard InChI is InChI=1S/C12H19N3O2/c1-9-6-14-12(16)11(5-13)15(7-9)8-10-3-2-4-17-10/h2-4,9,11H,5-8,13H2,1H3,(H,14,16). The monoisotopic (exact) mass is 237 g/mol.